The predicted octanol–water partition coefficient (Wildman–Crippen LogP) is 6.05. The number of hydrogen-bond donors (Lipinski definition) is 0. The molecular formula is C22H37Cl2O4Sm-. The van der Waals surface area contributed by atoms with Crippen LogP contribution in [-0.2, 0) is 18.9 Å². The van der Waals surface area contributed by atoms with Crippen molar-refractivity contribution in [3.63, 3.8) is 0 Å². The first-order valence-corrected chi connectivity index (χ1v) is 17.1. The molecule has 0 atom stereocenters. The average molecular weight is 587 g/mol. The van der Waals surface area contributed by atoms with E-state index in [1.807, 2.05) is 30.3 Å². The molecule has 4 nitrogen and oxygen atoms in total. The standard InChI is InChI=1S/C6H5.4C4H8O.2ClH.Sm/c1-2-4-6-5-3-1;4*1-2-4-5-3-1;;;/h1-5H;4*1-4H2;2*1H;/q-1;;;;;;;+2/p-2. The Morgan fingerprint density at radius 3 is 0.793 bits per heavy atom. The summed E-state index contributed by atoms with van der Waals surface area (Å²) in [5.74, 6) is 9.86. The Balaban J connectivity index is 0.000000328. The molecule has 1 aromatic carbocycles. The quantitative estimate of drug-likeness (QED) is 0.347. The van der Waals surface area contributed by atoms with Crippen LogP contribution in [0.1, 0.15) is 51.4 Å². The van der Waals surface area contributed by atoms with Gasteiger partial charge in [-0.05, 0) is 51.4 Å². The number of rotatable bonds is 0. The zero-order chi connectivity index (χ0) is 21.1. The maximum Gasteiger partial charge on any atom is -0.171 e. The number of halogens is 2. The van der Waals surface area contributed by atoms with Crippen LogP contribution in [0.4, 0.5) is 0 Å². The van der Waals surface area contributed by atoms with Gasteiger partial charge in [0.25, 0.3) is 0 Å². The Labute approximate surface area is 202 Å². The SMILES string of the molecule is C1CCOC1.C1CCOC1.C1CCOC1.C1CCOC1.[Cl][Sm][Cl].[c-]1ccccc1. The van der Waals surface area contributed by atoms with Crippen LogP contribution < -0.4 is 0 Å². The molecule has 0 saturated carbocycles. The van der Waals surface area contributed by atoms with Crippen LogP contribution in [-0.4, -0.2) is 52.9 Å². The Morgan fingerprint density at radius 2 is 0.724 bits per heavy atom. The Bertz CT molecular complexity index is 275. The molecule has 7 heteroatoms. The topological polar surface area (TPSA) is 36.9 Å². The zero-order valence-corrected chi connectivity index (χ0v) is 21.6. The van der Waals surface area contributed by atoms with Crippen molar-refractivity contribution in [2.45, 2.75) is 51.4 Å². The zero-order valence-electron chi connectivity index (χ0n) is 17.5. The van der Waals surface area contributed by atoms with Crippen molar-refractivity contribution < 1.29 is 52.1 Å². The summed E-state index contributed by atoms with van der Waals surface area (Å²) < 4.78 is 19.8. The molecule has 5 rings (SSSR count). The van der Waals surface area contributed by atoms with Gasteiger partial charge in [0.05, 0.1) is 0 Å². The van der Waals surface area contributed by atoms with E-state index in [4.69, 9.17) is 30.7 Å². The molecule has 4 heterocycles. The van der Waals surface area contributed by atoms with Crippen LogP contribution in [0.5, 0.6) is 0 Å². The Hall–Kier alpha value is 0.978. The van der Waals surface area contributed by atoms with Gasteiger partial charge in [0, 0.05) is 52.9 Å². The molecule has 29 heavy (non-hydrogen) atoms. The van der Waals surface area contributed by atoms with Crippen LogP contribution in [0.15, 0.2) is 30.3 Å². The molecule has 4 aliphatic rings. The second-order valence-electron chi connectivity index (χ2n) is 6.41. The van der Waals surface area contributed by atoms with Gasteiger partial charge in [-0.1, -0.05) is 0 Å². The van der Waals surface area contributed by atoms with Gasteiger partial charge in [0.2, 0.25) is 0 Å². The molecule has 170 valence electrons. The smallest absolute Gasteiger partial charge is 0.171 e. The van der Waals surface area contributed by atoms with Crippen molar-refractivity contribution in [1.82, 2.24) is 0 Å². The molecule has 4 fully saturated rings. The molecule has 0 aliphatic carbocycles. The van der Waals surface area contributed by atoms with Gasteiger partial charge >= 0.3 is 44.9 Å². The summed E-state index contributed by atoms with van der Waals surface area (Å²) in [4.78, 5) is 0. The largest absolute Gasteiger partial charge is 0.184 e. The van der Waals surface area contributed by atoms with Crippen molar-refractivity contribution in [3.05, 3.63) is 36.4 Å². The van der Waals surface area contributed by atoms with Crippen molar-refractivity contribution in [1.29, 1.82) is 0 Å². The number of hydrogen-bond acceptors (Lipinski definition) is 4. The van der Waals surface area contributed by atoms with Gasteiger partial charge in [0.15, 0.2) is 0 Å². The summed E-state index contributed by atoms with van der Waals surface area (Å²) >= 11 is -0.806. The molecule has 0 amide bonds. The fraction of sp³-hybridized carbons (Fsp3) is 0.727. The van der Waals surface area contributed by atoms with E-state index in [9.17, 15) is 0 Å². The van der Waals surface area contributed by atoms with E-state index >= 15 is 0 Å². The third kappa shape index (κ3) is 29.0. The Morgan fingerprint density at radius 1 is 0.483 bits per heavy atom. The predicted molar refractivity (Wildman–Crippen MR) is 117 cm³/mol. The molecule has 0 aromatic heterocycles. The van der Waals surface area contributed by atoms with Crippen molar-refractivity contribution in [2.24, 2.45) is 0 Å². The van der Waals surface area contributed by atoms with Gasteiger partial charge in [-0.3, -0.25) is 0 Å². The first-order valence-electron chi connectivity index (χ1n) is 10.5. The first-order chi connectivity index (χ1) is 14.4. The summed E-state index contributed by atoms with van der Waals surface area (Å²) in [6.07, 6.45) is 10.2. The molecule has 0 bridgehead atoms. The fourth-order valence-electron chi connectivity index (χ4n) is 2.38. The third-order valence-electron chi connectivity index (χ3n) is 3.92. The summed E-state index contributed by atoms with van der Waals surface area (Å²) in [6.45, 7) is 8.00. The maximum atomic E-state index is 4.94. The van der Waals surface area contributed by atoms with Gasteiger partial charge in [0.1, 0.15) is 0 Å². The van der Waals surface area contributed by atoms with E-state index in [0.29, 0.717) is 0 Å². The molecule has 4 aliphatic heterocycles. The second-order valence-corrected chi connectivity index (χ2v) is 10.2. The van der Waals surface area contributed by atoms with Crippen molar-refractivity contribution >= 4 is 11.8 Å². The van der Waals surface area contributed by atoms with E-state index in [2.05, 4.69) is 6.07 Å². The van der Waals surface area contributed by atoms with E-state index in [1.165, 1.54) is 51.4 Å². The molecule has 0 spiro atoms. The van der Waals surface area contributed by atoms with Crippen LogP contribution in [0.3, 0.4) is 0 Å². The summed E-state index contributed by atoms with van der Waals surface area (Å²) in [5.41, 5.74) is 0. The second kappa shape index (κ2) is 29.0. The summed E-state index contributed by atoms with van der Waals surface area (Å²) in [7, 11) is 0. The summed E-state index contributed by atoms with van der Waals surface area (Å²) in [6, 6.07) is 12.5. The van der Waals surface area contributed by atoms with Gasteiger partial charge in [-0.15, -0.1) is 0 Å². The van der Waals surface area contributed by atoms with E-state index in [1.54, 1.807) is 0 Å². The number of ether oxygens (including phenoxy) is 4. The average Bonchev–Trinajstić information content (AvgIpc) is 3.64. The molecule has 0 N–H and O–H groups in total. The van der Waals surface area contributed by atoms with Crippen molar-refractivity contribution in [2.75, 3.05) is 52.9 Å². The minimum absolute atomic E-state index is 0.806. The van der Waals surface area contributed by atoms with Crippen LogP contribution in [0.25, 0.3) is 0 Å². The van der Waals surface area contributed by atoms with E-state index in [-0.39, 0.29) is 0 Å². The maximum absolute atomic E-state index is 4.94. The molecule has 1 aromatic rings. The van der Waals surface area contributed by atoms with Crippen LogP contribution in [0, 0.1) is 39.2 Å². The van der Waals surface area contributed by atoms with Gasteiger partial charge in [-0.2, -0.15) is 36.4 Å². The van der Waals surface area contributed by atoms with E-state index < -0.39 is 33.2 Å². The van der Waals surface area contributed by atoms with Crippen LogP contribution in [0.2, 0.25) is 0 Å². The van der Waals surface area contributed by atoms with E-state index in [0.717, 1.165) is 52.9 Å². The van der Waals surface area contributed by atoms with Gasteiger partial charge in [-0.25, -0.2) is 0 Å². The first kappa shape index (κ1) is 30.0. The summed E-state index contributed by atoms with van der Waals surface area (Å²) in [5, 5.41) is 0. The van der Waals surface area contributed by atoms with Crippen LogP contribution >= 0.6 is 11.8 Å². The molecule has 4 saturated heterocycles. The van der Waals surface area contributed by atoms with Crippen molar-refractivity contribution in [3.8, 4) is 0 Å². The third-order valence-corrected chi connectivity index (χ3v) is 3.92. The molecule has 0 radical (unpaired) electrons. The minimum Gasteiger partial charge on any atom is -0.184 e. The molecular weight excluding hydrogens is 550 g/mol. The Kier molecular flexibility index (Phi) is 30.0. The van der Waals surface area contributed by atoms with Gasteiger partial charge < -0.3 is 18.9 Å². The fourth-order valence-corrected chi connectivity index (χ4v) is 2.38. The normalized spacial score (nSPS) is 18.8. The monoisotopic (exact) mass is 587 g/mol. The molecule has 0 unspecified atom stereocenters. The minimum atomic E-state index is -0.806. The number of benzene rings is 1.